The molecule has 3 rings (SSSR count). The van der Waals surface area contributed by atoms with Crippen molar-refractivity contribution in [3.63, 3.8) is 0 Å². The van der Waals surface area contributed by atoms with E-state index >= 15 is 0 Å². The van der Waals surface area contributed by atoms with Crippen molar-refractivity contribution in [2.45, 2.75) is 13.3 Å². The summed E-state index contributed by atoms with van der Waals surface area (Å²) < 4.78 is 68.0. The number of rotatable bonds is 8. The van der Waals surface area contributed by atoms with E-state index in [0.29, 0.717) is 12.1 Å². The normalized spacial score (nSPS) is 11.1. The Bertz CT molecular complexity index is 1290. The fraction of sp³-hybridized carbons (Fsp3) is 0.190. The van der Waals surface area contributed by atoms with Gasteiger partial charge in [-0.3, -0.25) is 9.62 Å². The monoisotopic (exact) mass is 494 g/mol. The van der Waals surface area contributed by atoms with Crippen LogP contribution in [0.1, 0.15) is 13.3 Å². The molecule has 1 aromatic heterocycles. The molecule has 3 aromatic rings. The number of carbonyl (C=O) groups is 1. The van der Waals surface area contributed by atoms with Gasteiger partial charge >= 0.3 is 6.03 Å². The van der Waals surface area contributed by atoms with Crippen LogP contribution in [0.15, 0.2) is 48.8 Å². The smallest absolute Gasteiger partial charge is 0.327 e. The summed E-state index contributed by atoms with van der Waals surface area (Å²) in [5, 5.41) is 5.00. The first-order valence-corrected chi connectivity index (χ1v) is 11.6. The molecule has 2 amide bonds. The summed E-state index contributed by atoms with van der Waals surface area (Å²) in [4.78, 5) is 21.6. The number of nitrogens with zero attached hydrogens (tertiary/aromatic N) is 3. The number of aromatic nitrogens is 2. The lowest BCUT2D eigenvalue weighted by Gasteiger charge is -2.19. The summed E-state index contributed by atoms with van der Waals surface area (Å²) >= 11 is 0. The molecule has 0 saturated heterocycles. The Kier molecular flexibility index (Phi) is 7.56. The summed E-state index contributed by atoms with van der Waals surface area (Å²) in [6.45, 7) is 1.63. The zero-order chi connectivity index (χ0) is 24.9. The quantitative estimate of drug-likeness (QED) is 0.426. The first-order chi connectivity index (χ1) is 16.1. The molecule has 180 valence electrons. The number of sulfonamides is 1. The van der Waals surface area contributed by atoms with Crippen LogP contribution in [0.25, 0.3) is 0 Å². The van der Waals surface area contributed by atoms with Gasteiger partial charge < -0.3 is 10.6 Å². The SMILES string of the molecule is CCCS(=O)(=O)Nc1ccc(F)c(NC(=O)N(C)c2cc(Nc3ccc(F)cc3)ncn2)c1F. The molecule has 0 atom stereocenters. The molecule has 0 saturated carbocycles. The van der Waals surface area contributed by atoms with Crippen LogP contribution in [-0.2, 0) is 10.0 Å². The molecule has 13 heteroatoms. The minimum absolute atomic E-state index is 0.0812. The zero-order valence-electron chi connectivity index (χ0n) is 18.1. The number of carbonyl (C=O) groups excluding carboxylic acids is 1. The Morgan fingerprint density at radius 1 is 1.06 bits per heavy atom. The average Bonchev–Trinajstić information content (AvgIpc) is 2.79. The van der Waals surface area contributed by atoms with Crippen LogP contribution in [0.2, 0.25) is 0 Å². The number of hydrogen-bond acceptors (Lipinski definition) is 6. The van der Waals surface area contributed by atoms with Gasteiger partial charge in [-0.2, -0.15) is 0 Å². The molecule has 34 heavy (non-hydrogen) atoms. The lowest BCUT2D eigenvalue weighted by atomic mass is 10.2. The minimum atomic E-state index is -3.84. The van der Waals surface area contributed by atoms with E-state index in [1.165, 1.54) is 37.4 Å². The molecule has 3 N–H and O–H groups in total. The molecule has 2 aromatic carbocycles. The van der Waals surface area contributed by atoms with Crippen LogP contribution in [0.4, 0.5) is 46.7 Å². The predicted octanol–water partition coefficient (Wildman–Crippen LogP) is 4.46. The van der Waals surface area contributed by atoms with E-state index in [4.69, 9.17) is 0 Å². The highest BCUT2D eigenvalue weighted by molar-refractivity contribution is 7.92. The van der Waals surface area contributed by atoms with E-state index in [1.54, 1.807) is 6.92 Å². The Morgan fingerprint density at radius 3 is 2.44 bits per heavy atom. The third kappa shape index (κ3) is 6.13. The second-order valence-corrected chi connectivity index (χ2v) is 8.93. The first kappa shape index (κ1) is 24.8. The molecule has 0 bridgehead atoms. The van der Waals surface area contributed by atoms with E-state index < -0.39 is 44.9 Å². The van der Waals surface area contributed by atoms with Gasteiger partial charge in [0.25, 0.3) is 0 Å². The van der Waals surface area contributed by atoms with Gasteiger partial charge in [0.15, 0.2) is 5.82 Å². The van der Waals surface area contributed by atoms with Crippen LogP contribution in [0.5, 0.6) is 0 Å². The minimum Gasteiger partial charge on any atom is -0.340 e. The van der Waals surface area contributed by atoms with E-state index in [2.05, 4.69) is 20.6 Å². The maximum Gasteiger partial charge on any atom is 0.327 e. The topological polar surface area (TPSA) is 116 Å². The fourth-order valence-electron chi connectivity index (χ4n) is 2.81. The number of nitrogens with one attached hydrogen (secondary N) is 3. The van der Waals surface area contributed by atoms with Gasteiger partial charge in [-0.05, 0) is 42.8 Å². The second kappa shape index (κ2) is 10.4. The van der Waals surface area contributed by atoms with Crippen LogP contribution in [0, 0.1) is 17.5 Å². The summed E-state index contributed by atoms with van der Waals surface area (Å²) in [7, 11) is -2.53. The standard InChI is InChI=1S/C21H21F3N6O3S/c1-3-10-34(32,33)29-16-9-8-15(23)20(19(16)24)28-21(31)30(2)18-11-17(25-12-26-18)27-14-6-4-13(22)5-7-14/h4-9,11-12,29H,3,10H2,1-2H3,(H,28,31)(H,25,26,27). The summed E-state index contributed by atoms with van der Waals surface area (Å²) in [5.41, 5.74) is -0.794. The van der Waals surface area contributed by atoms with Gasteiger partial charge in [-0.15, -0.1) is 0 Å². The van der Waals surface area contributed by atoms with Gasteiger partial charge in [0.05, 0.1) is 11.4 Å². The van der Waals surface area contributed by atoms with Gasteiger partial charge in [0, 0.05) is 18.8 Å². The van der Waals surface area contributed by atoms with Crippen molar-refractivity contribution in [1.82, 2.24) is 9.97 Å². The maximum absolute atomic E-state index is 14.8. The lowest BCUT2D eigenvalue weighted by Crippen LogP contribution is -2.32. The molecule has 9 nitrogen and oxygen atoms in total. The van der Waals surface area contributed by atoms with Crippen molar-refractivity contribution >= 4 is 44.8 Å². The zero-order valence-corrected chi connectivity index (χ0v) is 19.0. The Labute approximate surface area is 194 Å². The second-order valence-electron chi connectivity index (χ2n) is 7.09. The predicted molar refractivity (Wildman–Crippen MR) is 123 cm³/mol. The van der Waals surface area contributed by atoms with Crippen molar-refractivity contribution in [2.75, 3.05) is 33.1 Å². The highest BCUT2D eigenvalue weighted by Crippen LogP contribution is 2.27. The van der Waals surface area contributed by atoms with Crippen molar-refractivity contribution < 1.29 is 26.4 Å². The van der Waals surface area contributed by atoms with Crippen LogP contribution < -0.4 is 20.3 Å². The number of halogens is 3. The molecule has 0 radical (unpaired) electrons. The Morgan fingerprint density at radius 2 is 1.76 bits per heavy atom. The summed E-state index contributed by atoms with van der Waals surface area (Å²) in [6.07, 6.45) is 1.46. The van der Waals surface area contributed by atoms with Crippen LogP contribution in [0.3, 0.4) is 0 Å². The molecule has 0 spiro atoms. The molecule has 1 heterocycles. The number of anilines is 5. The van der Waals surface area contributed by atoms with E-state index in [-0.39, 0.29) is 17.4 Å². The van der Waals surface area contributed by atoms with Crippen molar-refractivity contribution in [2.24, 2.45) is 0 Å². The maximum atomic E-state index is 14.8. The number of amides is 2. The molecule has 0 unspecified atom stereocenters. The van der Waals surface area contributed by atoms with Gasteiger partial charge in [0.2, 0.25) is 10.0 Å². The van der Waals surface area contributed by atoms with E-state index in [9.17, 15) is 26.4 Å². The number of hydrogen-bond donors (Lipinski definition) is 3. The summed E-state index contributed by atoms with van der Waals surface area (Å²) in [6, 6.07) is 7.69. The molecule has 0 aliphatic heterocycles. The van der Waals surface area contributed by atoms with Gasteiger partial charge in [-0.1, -0.05) is 6.92 Å². The van der Waals surface area contributed by atoms with Crippen LogP contribution in [-0.4, -0.2) is 37.2 Å². The third-order valence-electron chi connectivity index (χ3n) is 4.48. The van der Waals surface area contributed by atoms with Crippen molar-refractivity contribution in [1.29, 1.82) is 0 Å². The lowest BCUT2D eigenvalue weighted by molar-refractivity contribution is 0.257. The van der Waals surface area contributed by atoms with Gasteiger partial charge in [-0.25, -0.2) is 36.4 Å². The van der Waals surface area contributed by atoms with E-state index in [1.807, 2.05) is 4.72 Å². The Balaban J connectivity index is 1.78. The molecular weight excluding hydrogens is 473 g/mol. The summed E-state index contributed by atoms with van der Waals surface area (Å²) in [5.74, 6) is -2.68. The fourth-order valence-corrected chi connectivity index (χ4v) is 3.94. The average molecular weight is 494 g/mol. The van der Waals surface area contributed by atoms with Crippen molar-refractivity contribution in [3.05, 3.63) is 66.2 Å². The van der Waals surface area contributed by atoms with E-state index in [0.717, 1.165) is 23.4 Å². The Hall–Kier alpha value is -3.87. The van der Waals surface area contributed by atoms with Gasteiger partial charge in [0.1, 0.15) is 35.3 Å². The molecular formula is C21H21F3N6O3S. The largest absolute Gasteiger partial charge is 0.340 e. The van der Waals surface area contributed by atoms with Crippen molar-refractivity contribution in [3.8, 4) is 0 Å². The molecule has 0 fully saturated rings. The van der Waals surface area contributed by atoms with Crippen LogP contribution >= 0.6 is 0 Å². The first-order valence-electron chi connectivity index (χ1n) is 9.97. The third-order valence-corrected chi connectivity index (χ3v) is 5.96. The number of benzene rings is 2. The highest BCUT2D eigenvalue weighted by Gasteiger charge is 2.22. The number of urea groups is 1. The molecule has 0 aliphatic rings. The highest BCUT2D eigenvalue weighted by atomic mass is 32.2. The molecule has 0 aliphatic carbocycles.